The number of fused-ring (bicyclic) bond motifs is 1. The number of para-hydroxylation sites is 1. The summed E-state index contributed by atoms with van der Waals surface area (Å²) in [5.41, 5.74) is 2.78. The second kappa shape index (κ2) is 4.95. The van der Waals surface area contributed by atoms with E-state index in [-0.39, 0.29) is 0 Å². The van der Waals surface area contributed by atoms with Gasteiger partial charge in [-0.05, 0) is 18.1 Å². The molecule has 0 radical (unpaired) electrons. The van der Waals surface area contributed by atoms with Gasteiger partial charge in [-0.15, -0.1) is 0 Å². The Morgan fingerprint density at radius 1 is 0.950 bits per heavy atom. The minimum absolute atomic E-state index is 0.443. The highest BCUT2D eigenvalue weighted by atomic mass is 16.5. The second-order valence-electron chi connectivity index (χ2n) is 5.75. The summed E-state index contributed by atoms with van der Waals surface area (Å²) in [6, 6.07) is 20.3. The van der Waals surface area contributed by atoms with E-state index in [1.54, 1.807) is 0 Å². The summed E-state index contributed by atoms with van der Waals surface area (Å²) in [5, 5.41) is 3.82. The molecule has 1 aliphatic carbocycles. The van der Waals surface area contributed by atoms with E-state index in [4.69, 9.17) is 4.74 Å². The van der Waals surface area contributed by atoms with Gasteiger partial charge in [-0.2, -0.15) is 0 Å². The Bertz CT molecular complexity index is 595. The van der Waals surface area contributed by atoms with Crippen LogP contribution in [0.15, 0.2) is 54.6 Å². The summed E-state index contributed by atoms with van der Waals surface area (Å²) in [6.45, 7) is 0.817. The molecule has 20 heavy (non-hydrogen) atoms. The molecule has 2 heteroatoms. The molecule has 0 spiro atoms. The molecule has 3 unspecified atom stereocenters. The summed E-state index contributed by atoms with van der Waals surface area (Å²) in [6.07, 6.45) is 2.32. The molecular formula is C18H19NO. The first-order valence-corrected chi connectivity index (χ1v) is 7.44. The number of hydrogen-bond donors (Lipinski definition) is 1. The van der Waals surface area contributed by atoms with Crippen LogP contribution in [0.2, 0.25) is 0 Å². The van der Waals surface area contributed by atoms with Gasteiger partial charge in [0, 0.05) is 30.0 Å². The molecule has 102 valence electrons. The van der Waals surface area contributed by atoms with Gasteiger partial charge in [-0.3, -0.25) is 0 Å². The molecule has 2 aromatic rings. The highest BCUT2D eigenvalue weighted by Gasteiger charge is 2.40. The monoisotopic (exact) mass is 265 g/mol. The predicted octanol–water partition coefficient (Wildman–Crippen LogP) is 3.66. The van der Waals surface area contributed by atoms with Gasteiger partial charge in [-0.25, -0.2) is 0 Å². The Labute approximate surface area is 119 Å². The zero-order valence-electron chi connectivity index (χ0n) is 11.5. The van der Waals surface area contributed by atoms with Crippen molar-refractivity contribution >= 4 is 0 Å². The van der Waals surface area contributed by atoms with Crippen LogP contribution in [0.4, 0.5) is 0 Å². The van der Waals surface area contributed by atoms with Gasteiger partial charge in [0.05, 0.1) is 6.61 Å². The predicted molar refractivity (Wildman–Crippen MR) is 80.0 cm³/mol. The van der Waals surface area contributed by atoms with Crippen molar-refractivity contribution in [2.24, 2.45) is 0 Å². The molecular weight excluding hydrogens is 246 g/mol. The van der Waals surface area contributed by atoms with Gasteiger partial charge >= 0.3 is 0 Å². The first-order chi connectivity index (χ1) is 9.92. The third kappa shape index (κ3) is 2.20. The zero-order valence-corrected chi connectivity index (χ0v) is 11.5. The van der Waals surface area contributed by atoms with Crippen LogP contribution in [0.5, 0.6) is 5.75 Å². The van der Waals surface area contributed by atoms with E-state index < -0.39 is 0 Å². The Morgan fingerprint density at radius 2 is 1.75 bits per heavy atom. The molecule has 1 N–H and O–H groups in total. The molecule has 1 heterocycles. The van der Waals surface area contributed by atoms with Gasteiger partial charge in [0.15, 0.2) is 0 Å². The minimum atomic E-state index is 0.443. The molecule has 0 bridgehead atoms. The van der Waals surface area contributed by atoms with E-state index in [0.717, 1.165) is 18.8 Å². The molecule has 1 aliphatic heterocycles. The minimum Gasteiger partial charge on any atom is -0.493 e. The Hall–Kier alpha value is -1.80. The van der Waals surface area contributed by atoms with E-state index in [9.17, 15) is 0 Å². The smallest absolute Gasteiger partial charge is 0.124 e. The molecule has 2 nitrogen and oxygen atoms in total. The normalized spacial score (nSPS) is 27.5. The average molecular weight is 265 g/mol. The summed E-state index contributed by atoms with van der Waals surface area (Å²) in [7, 11) is 0. The van der Waals surface area contributed by atoms with Crippen LogP contribution in [-0.2, 0) is 0 Å². The number of nitrogens with one attached hydrogen (secondary N) is 1. The molecule has 0 saturated heterocycles. The van der Waals surface area contributed by atoms with Crippen LogP contribution < -0.4 is 10.1 Å². The zero-order chi connectivity index (χ0) is 13.4. The van der Waals surface area contributed by atoms with Gasteiger partial charge in [0.25, 0.3) is 0 Å². The SMILES string of the molecule is c1ccc(C2CC2NC2CCOc3ccccc32)cc1. The maximum Gasteiger partial charge on any atom is 0.124 e. The van der Waals surface area contributed by atoms with E-state index in [1.807, 2.05) is 6.07 Å². The third-order valence-electron chi connectivity index (χ3n) is 4.39. The molecule has 0 amide bonds. The highest BCUT2D eigenvalue weighted by molar-refractivity contribution is 5.38. The Balaban J connectivity index is 1.47. The fraction of sp³-hybridized carbons (Fsp3) is 0.333. The van der Waals surface area contributed by atoms with Gasteiger partial charge in [0.2, 0.25) is 0 Å². The van der Waals surface area contributed by atoms with Crippen molar-refractivity contribution in [3.8, 4) is 5.75 Å². The van der Waals surface area contributed by atoms with Crippen molar-refractivity contribution < 1.29 is 4.74 Å². The molecule has 0 aromatic heterocycles. The quantitative estimate of drug-likeness (QED) is 0.914. The van der Waals surface area contributed by atoms with Crippen LogP contribution in [0.25, 0.3) is 0 Å². The molecule has 3 atom stereocenters. The standard InChI is InChI=1S/C18H19NO/c1-2-6-13(7-3-1)15-12-17(15)19-16-10-11-20-18-9-5-4-8-14(16)18/h1-9,15-17,19H,10-12H2. The van der Waals surface area contributed by atoms with Gasteiger partial charge in [-0.1, -0.05) is 48.5 Å². The molecule has 1 saturated carbocycles. The van der Waals surface area contributed by atoms with E-state index >= 15 is 0 Å². The van der Waals surface area contributed by atoms with Crippen molar-refractivity contribution in [3.63, 3.8) is 0 Å². The third-order valence-corrected chi connectivity index (χ3v) is 4.39. The lowest BCUT2D eigenvalue weighted by molar-refractivity contribution is 0.251. The summed E-state index contributed by atoms with van der Waals surface area (Å²) in [5.74, 6) is 1.74. The average Bonchev–Trinajstić information content (AvgIpc) is 3.28. The summed E-state index contributed by atoms with van der Waals surface area (Å²) < 4.78 is 5.73. The lowest BCUT2D eigenvalue weighted by atomic mass is 10.0. The van der Waals surface area contributed by atoms with E-state index in [2.05, 4.69) is 53.8 Å². The highest BCUT2D eigenvalue weighted by Crippen LogP contribution is 2.43. The van der Waals surface area contributed by atoms with Crippen LogP contribution in [-0.4, -0.2) is 12.6 Å². The number of benzene rings is 2. The van der Waals surface area contributed by atoms with Gasteiger partial charge < -0.3 is 10.1 Å². The summed E-state index contributed by atoms with van der Waals surface area (Å²) >= 11 is 0. The van der Waals surface area contributed by atoms with E-state index in [0.29, 0.717) is 18.0 Å². The lowest BCUT2D eigenvalue weighted by Crippen LogP contribution is -2.29. The number of hydrogen-bond acceptors (Lipinski definition) is 2. The van der Waals surface area contributed by atoms with E-state index in [1.165, 1.54) is 17.5 Å². The fourth-order valence-corrected chi connectivity index (χ4v) is 3.22. The van der Waals surface area contributed by atoms with Crippen LogP contribution in [0.3, 0.4) is 0 Å². The first kappa shape index (κ1) is 12.0. The Kier molecular flexibility index (Phi) is 2.96. The van der Waals surface area contributed by atoms with Crippen molar-refractivity contribution in [1.82, 2.24) is 5.32 Å². The largest absolute Gasteiger partial charge is 0.493 e. The van der Waals surface area contributed by atoms with Crippen LogP contribution >= 0.6 is 0 Å². The fourth-order valence-electron chi connectivity index (χ4n) is 3.22. The van der Waals surface area contributed by atoms with Crippen molar-refractivity contribution in [1.29, 1.82) is 0 Å². The summed E-state index contributed by atoms with van der Waals surface area (Å²) in [4.78, 5) is 0. The number of rotatable bonds is 3. The molecule has 4 rings (SSSR count). The topological polar surface area (TPSA) is 21.3 Å². The number of ether oxygens (including phenoxy) is 1. The van der Waals surface area contributed by atoms with Crippen LogP contribution in [0.1, 0.15) is 35.9 Å². The molecule has 2 aliphatic rings. The van der Waals surface area contributed by atoms with Crippen molar-refractivity contribution in [2.75, 3.05) is 6.61 Å². The maximum absolute atomic E-state index is 5.73. The lowest BCUT2D eigenvalue weighted by Gasteiger charge is -2.27. The van der Waals surface area contributed by atoms with Gasteiger partial charge in [0.1, 0.15) is 5.75 Å². The second-order valence-corrected chi connectivity index (χ2v) is 5.75. The van der Waals surface area contributed by atoms with Crippen LogP contribution in [0, 0.1) is 0 Å². The van der Waals surface area contributed by atoms with Crippen molar-refractivity contribution in [3.05, 3.63) is 65.7 Å². The molecule has 2 aromatic carbocycles. The Morgan fingerprint density at radius 3 is 2.65 bits per heavy atom. The van der Waals surface area contributed by atoms with Crippen molar-refractivity contribution in [2.45, 2.75) is 30.8 Å². The molecule has 1 fully saturated rings. The first-order valence-electron chi connectivity index (χ1n) is 7.44. The maximum atomic E-state index is 5.73.